The van der Waals surface area contributed by atoms with Crippen LogP contribution in [0.5, 0.6) is 0 Å². The molecule has 15 heavy (non-hydrogen) atoms. The summed E-state index contributed by atoms with van der Waals surface area (Å²) in [7, 11) is 0. The summed E-state index contributed by atoms with van der Waals surface area (Å²) in [4.78, 5) is 10.8. The Kier molecular flexibility index (Phi) is 2.79. The van der Waals surface area contributed by atoms with E-state index in [4.69, 9.17) is 5.11 Å². The van der Waals surface area contributed by atoms with E-state index in [1.807, 2.05) is 18.2 Å². The molecule has 1 aromatic carbocycles. The summed E-state index contributed by atoms with van der Waals surface area (Å²) in [5, 5.41) is 8.88. The summed E-state index contributed by atoms with van der Waals surface area (Å²) in [5.41, 5.74) is 1.16. The minimum atomic E-state index is -1.06. The first-order chi connectivity index (χ1) is 7.18. The van der Waals surface area contributed by atoms with Crippen molar-refractivity contribution < 1.29 is 9.90 Å². The summed E-state index contributed by atoms with van der Waals surface area (Å²) < 4.78 is 8.59. The fourth-order valence-corrected chi connectivity index (χ4v) is 2.11. The standard InChI is InChI=1S/C9H5BrN2O2S/c10-6-3-1-2-5(4-6)7-8(9(13)14)12-15-11-7/h1-4H,(H,13,14). The van der Waals surface area contributed by atoms with Gasteiger partial charge in [-0.15, -0.1) is 0 Å². The minimum Gasteiger partial charge on any atom is -0.476 e. The molecule has 4 nitrogen and oxygen atoms in total. The molecule has 0 saturated heterocycles. The number of carboxylic acid groups (broad SMARTS) is 1. The van der Waals surface area contributed by atoms with E-state index in [1.165, 1.54) is 0 Å². The first kappa shape index (κ1) is 10.3. The average molecular weight is 285 g/mol. The van der Waals surface area contributed by atoms with Crippen LogP contribution in [0.1, 0.15) is 10.5 Å². The van der Waals surface area contributed by atoms with Crippen molar-refractivity contribution in [2.45, 2.75) is 0 Å². The normalized spacial score (nSPS) is 10.2. The van der Waals surface area contributed by atoms with Gasteiger partial charge in [-0.1, -0.05) is 28.1 Å². The number of aromatic carboxylic acids is 1. The summed E-state index contributed by atoms with van der Waals surface area (Å²) in [6.45, 7) is 0. The molecule has 76 valence electrons. The number of aromatic nitrogens is 2. The third-order valence-corrected chi connectivity index (χ3v) is 2.81. The Labute approximate surface area is 98.0 Å². The zero-order valence-electron chi connectivity index (χ0n) is 7.35. The van der Waals surface area contributed by atoms with E-state index in [2.05, 4.69) is 24.7 Å². The molecule has 1 N–H and O–H groups in total. The van der Waals surface area contributed by atoms with Gasteiger partial charge in [-0.2, -0.15) is 8.75 Å². The van der Waals surface area contributed by atoms with Crippen LogP contribution >= 0.6 is 27.7 Å². The monoisotopic (exact) mass is 284 g/mol. The number of carbonyl (C=O) groups is 1. The Morgan fingerprint density at radius 2 is 2.20 bits per heavy atom. The van der Waals surface area contributed by atoms with Gasteiger partial charge in [0.15, 0.2) is 5.69 Å². The molecule has 0 atom stereocenters. The fraction of sp³-hybridized carbons (Fsp3) is 0. The second kappa shape index (κ2) is 4.08. The molecule has 0 radical (unpaired) electrons. The third-order valence-electron chi connectivity index (χ3n) is 1.79. The quantitative estimate of drug-likeness (QED) is 0.921. The number of carboxylic acids is 1. The maximum atomic E-state index is 10.8. The Hall–Kier alpha value is -1.27. The number of nitrogens with zero attached hydrogens (tertiary/aromatic N) is 2. The molecule has 0 unspecified atom stereocenters. The van der Waals surface area contributed by atoms with Crippen LogP contribution in [0.15, 0.2) is 28.7 Å². The van der Waals surface area contributed by atoms with Crippen molar-refractivity contribution in [3.63, 3.8) is 0 Å². The lowest BCUT2D eigenvalue weighted by molar-refractivity contribution is 0.0692. The molecule has 0 bridgehead atoms. The Bertz CT molecular complexity index is 512. The molecule has 2 aromatic rings. The van der Waals surface area contributed by atoms with Gasteiger partial charge in [0.1, 0.15) is 5.69 Å². The number of halogens is 1. The molecule has 0 amide bonds. The van der Waals surface area contributed by atoms with E-state index in [0.29, 0.717) is 5.69 Å². The highest BCUT2D eigenvalue weighted by atomic mass is 79.9. The first-order valence-corrected chi connectivity index (χ1v) is 5.52. The van der Waals surface area contributed by atoms with E-state index in [0.717, 1.165) is 21.8 Å². The van der Waals surface area contributed by atoms with Gasteiger partial charge in [-0.3, -0.25) is 0 Å². The molecule has 6 heteroatoms. The van der Waals surface area contributed by atoms with Gasteiger partial charge in [-0.05, 0) is 12.1 Å². The van der Waals surface area contributed by atoms with E-state index < -0.39 is 5.97 Å². The van der Waals surface area contributed by atoms with Crippen LogP contribution in [0.25, 0.3) is 11.3 Å². The van der Waals surface area contributed by atoms with Crippen LogP contribution in [0.4, 0.5) is 0 Å². The second-order valence-corrected chi connectivity index (χ2v) is 4.22. The maximum absolute atomic E-state index is 10.8. The van der Waals surface area contributed by atoms with Gasteiger partial charge in [0, 0.05) is 10.0 Å². The maximum Gasteiger partial charge on any atom is 0.357 e. The zero-order chi connectivity index (χ0) is 10.8. The lowest BCUT2D eigenvalue weighted by Gasteiger charge is -1.98. The van der Waals surface area contributed by atoms with Crippen molar-refractivity contribution in [3.05, 3.63) is 34.4 Å². The minimum absolute atomic E-state index is 0.00176. The largest absolute Gasteiger partial charge is 0.476 e. The van der Waals surface area contributed by atoms with E-state index in [9.17, 15) is 4.79 Å². The Morgan fingerprint density at radius 3 is 2.87 bits per heavy atom. The van der Waals surface area contributed by atoms with Crippen molar-refractivity contribution in [1.29, 1.82) is 0 Å². The molecule has 2 rings (SSSR count). The molecular formula is C9H5BrN2O2S. The average Bonchev–Trinajstić information content (AvgIpc) is 2.65. The molecule has 0 aliphatic heterocycles. The van der Waals surface area contributed by atoms with Crippen molar-refractivity contribution in [3.8, 4) is 11.3 Å². The highest BCUT2D eigenvalue weighted by Gasteiger charge is 2.16. The molecule has 0 aliphatic carbocycles. The Morgan fingerprint density at radius 1 is 1.40 bits per heavy atom. The number of hydrogen-bond acceptors (Lipinski definition) is 4. The number of rotatable bonds is 2. The van der Waals surface area contributed by atoms with Gasteiger partial charge in [0.05, 0.1) is 11.7 Å². The molecule has 0 spiro atoms. The molecule has 1 heterocycles. The van der Waals surface area contributed by atoms with Crippen LogP contribution in [-0.4, -0.2) is 19.8 Å². The van der Waals surface area contributed by atoms with E-state index >= 15 is 0 Å². The topological polar surface area (TPSA) is 63.1 Å². The Balaban J connectivity index is 2.54. The zero-order valence-corrected chi connectivity index (χ0v) is 9.75. The summed E-state index contributed by atoms with van der Waals surface area (Å²) in [6.07, 6.45) is 0. The lowest BCUT2D eigenvalue weighted by atomic mass is 10.1. The smallest absolute Gasteiger partial charge is 0.357 e. The number of hydrogen-bond donors (Lipinski definition) is 1. The second-order valence-electron chi connectivity index (χ2n) is 2.78. The van der Waals surface area contributed by atoms with Gasteiger partial charge in [-0.25, -0.2) is 4.79 Å². The van der Waals surface area contributed by atoms with Gasteiger partial charge < -0.3 is 5.11 Å². The predicted octanol–water partition coefficient (Wildman–Crippen LogP) is 2.67. The van der Waals surface area contributed by atoms with Crippen LogP contribution < -0.4 is 0 Å². The highest BCUT2D eigenvalue weighted by Crippen LogP contribution is 2.24. The predicted molar refractivity (Wildman–Crippen MR) is 60.0 cm³/mol. The SMILES string of the molecule is O=C(O)c1nsnc1-c1cccc(Br)c1. The van der Waals surface area contributed by atoms with Crippen molar-refractivity contribution in [2.24, 2.45) is 0 Å². The molecule has 1 aromatic heterocycles. The molecule has 0 fully saturated rings. The van der Waals surface area contributed by atoms with Crippen molar-refractivity contribution in [1.82, 2.24) is 8.75 Å². The van der Waals surface area contributed by atoms with E-state index in [-0.39, 0.29) is 5.69 Å². The number of benzene rings is 1. The van der Waals surface area contributed by atoms with Crippen molar-refractivity contribution >= 4 is 33.6 Å². The third kappa shape index (κ3) is 2.05. The van der Waals surface area contributed by atoms with Gasteiger partial charge >= 0.3 is 5.97 Å². The first-order valence-electron chi connectivity index (χ1n) is 4.00. The molecule has 0 aliphatic rings. The van der Waals surface area contributed by atoms with Crippen molar-refractivity contribution in [2.75, 3.05) is 0 Å². The van der Waals surface area contributed by atoms with Gasteiger partial charge in [0.25, 0.3) is 0 Å². The van der Waals surface area contributed by atoms with Gasteiger partial charge in [0.2, 0.25) is 0 Å². The van der Waals surface area contributed by atoms with Crippen LogP contribution in [0.3, 0.4) is 0 Å². The van der Waals surface area contributed by atoms with E-state index in [1.54, 1.807) is 6.07 Å². The van der Waals surface area contributed by atoms with Crippen LogP contribution in [0, 0.1) is 0 Å². The lowest BCUT2D eigenvalue weighted by Crippen LogP contribution is -1.98. The fourth-order valence-electron chi connectivity index (χ4n) is 1.15. The summed E-state index contributed by atoms with van der Waals surface area (Å²) >= 11 is 4.22. The molecule has 0 saturated carbocycles. The van der Waals surface area contributed by atoms with Crippen LogP contribution in [-0.2, 0) is 0 Å². The summed E-state index contributed by atoms with van der Waals surface area (Å²) in [6, 6.07) is 7.30. The molecular weight excluding hydrogens is 280 g/mol. The highest BCUT2D eigenvalue weighted by molar-refractivity contribution is 9.10. The summed E-state index contributed by atoms with van der Waals surface area (Å²) in [5.74, 6) is -1.06. The van der Waals surface area contributed by atoms with Crippen LogP contribution in [0.2, 0.25) is 0 Å².